The molecule has 2 saturated heterocycles. The van der Waals surface area contributed by atoms with Crippen molar-refractivity contribution in [3.8, 4) is 0 Å². The largest absolute Gasteiger partial charge is 0.473 e. The summed E-state index contributed by atoms with van der Waals surface area (Å²) < 4.78 is 5.34. The van der Waals surface area contributed by atoms with Gasteiger partial charge in [-0.25, -0.2) is 14.4 Å². The molecule has 0 aromatic heterocycles. The second-order valence-electron chi connectivity index (χ2n) is 6.73. The van der Waals surface area contributed by atoms with Crippen LogP contribution in [0, 0.1) is 5.41 Å². The van der Waals surface area contributed by atoms with Gasteiger partial charge in [0, 0.05) is 25.0 Å². The van der Waals surface area contributed by atoms with E-state index in [0.29, 0.717) is 5.41 Å². The zero-order valence-electron chi connectivity index (χ0n) is 13.2. The molecule has 22 heavy (non-hydrogen) atoms. The molecule has 0 atom stereocenters. The standard InChI is InChI=1S/C12H22N2O2.C2H2O4/c1-11(2,3)16-10(15)14-8-12(9-14)5-4-6-13-7-12;3-1(4)2(5)6/h13H,4-9H2,1-3H3;(H,3,4)(H,5,6). The first kappa shape index (κ1) is 18.2. The van der Waals surface area contributed by atoms with Crippen molar-refractivity contribution < 1.29 is 29.3 Å². The second kappa shape index (κ2) is 6.95. The summed E-state index contributed by atoms with van der Waals surface area (Å²) in [6, 6.07) is 0. The fourth-order valence-corrected chi connectivity index (χ4v) is 2.52. The van der Waals surface area contributed by atoms with E-state index in [0.717, 1.165) is 26.2 Å². The van der Waals surface area contributed by atoms with Crippen LogP contribution in [0.5, 0.6) is 0 Å². The average molecular weight is 316 g/mol. The summed E-state index contributed by atoms with van der Waals surface area (Å²) in [4.78, 5) is 31.8. The monoisotopic (exact) mass is 316 g/mol. The quantitative estimate of drug-likeness (QED) is 0.565. The third kappa shape index (κ3) is 5.51. The third-order valence-corrected chi connectivity index (χ3v) is 3.45. The summed E-state index contributed by atoms with van der Waals surface area (Å²) >= 11 is 0. The number of carbonyl (C=O) groups is 3. The maximum Gasteiger partial charge on any atom is 0.414 e. The van der Waals surface area contributed by atoms with Gasteiger partial charge in [-0.15, -0.1) is 0 Å². The van der Waals surface area contributed by atoms with Crippen LogP contribution < -0.4 is 5.32 Å². The van der Waals surface area contributed by atoms with Gasteiger partial charge < -0.3 is 25.2 Å². The average Bonchev–Trinajstić information content (AvgIpc) is 2.35. The lowest BCUT2D eigenvalue weighted by Gasteiger charge is -2.52. The molecule has 2 aliphatic heterocycles. The number of ether oxygens (including phenoxy) is 1. The fourth-order valence-electron chi connectivity index (χ4n) is 2.52. The van der Waals surface area contributed by atoms with Gasteiger partial charge in [0.05, 0.1) is 0 Å². The lowest BCUT2D eigenvalue weighted by Crippen LogP contribution is -2.64. The first-order valence-corrected chi connectivity index (χ1v) is 7.20. The maximum absolute atomic E-state index is 11.8. The van der Waals surface area contributed by atoms with Crippen molar-refractivity contribution in [1.29, 1.82) is 0 Å². The third-order valence-electron chi connectivity index (χ3n) is 3.45. The van der Waals surface area contributed by atoms with Gasteiger partial charge in [-0.2, -0.15) is 0 Å². The Morgan fingerprint density at radius 3 is 2.05 bits per heavy atom. The number of carbonyl (C=O) groups excluding carboxylic acids is 1. The van der Waals surface area contributed by atoms with E-state index in [1.807, 2.05) is 25.7 Å². The van der Waals surface area contributed by atoms with Gasteiger partial charge >= 0.3 is 18.0 Å². The molecule has 2 aliphatic rings. The molecule has 0 bridgehead atoms. The highest BCUT2D eigenvalue weighted by molar-refractivity contribution is 6.27. The summed E-state index contributed by atoms with van der Waals surface area (Å²) in [6.45, 7) is 9.60. The van der Waals surface area contributed by atoms with E-state index < -0.39 is 11.9 Å². The van der Waals surface area contributed by atoms with E-state index >= 15 is 0 Å². The van der Waals surface area contributed by atoms with E-state index in [4.69, 9.17) is 24.5 Å². The topological polar surface area (TPSA) is 116 Å². The normalized spacial score (nSPS) is 19.5. The highest BCUT2D eigenvalue weighted by Crippen LogP contribution is 2.36. The SMILES string of the molecule is CC(C)(C)OC(=O)N1CC2(CCCNC2)C1.O=C(O)C(=O)O. The van der Waals surface area contributed by atoms with Crippen molar-refractivity contribution >= 4 is 18.0 Å². The molecule has 0 aromatic rings. The minimum atomic E-state index is -1.82. The van der Waals surface area contributed by atoms with E-state index in [1.165, 1.54) is 12.8 Å². The molecule has 0 radical (unpaired) electrons. The van der Waals surface area contributed by atoms with Crippen molar-refractivity contribution in [2.75, 3.05) is 26.2 Å². The first-order chi connectivity index (χ1) is 10.0. The van der Waals surface area contributed by atoms with Crippen LogP contribution in [-0.4, -0.2) is 64.9 Å². The number of likely N-dealkylation sites (tertiary alicyclic amines) is 1. The van der Waals surface area contributed by atoms with Crippen molar-refractivity contribution in [2.45, 2.75) is 39.2 Å². The molecule has 1 amide bonds. The summed E-state index contributed by atoms with van der Waals surface area (Å²) in [7, 11) is 0. The maximum atomic E-state index is 11.8. The summed E-state index contributed by atoms with van der Waals surface area (Å²) in [6.07, 6.45) is 2.30. The first-order valence-electron chi connectivity index (χ1n) is 7.20. The zero-order valence-corrected chi connectivity index (χ0v) is 13.2. The zero-order chi connectivity index (χ0) is 17.0. The van der Waals surface area contributed by atoms with Crippen LogP contribution in [0.15, 0.2) is 0 Å². The number of hydrogen-bond donors (Lipinski definition) is 3. The molecule has 3 N–H and O–H groups in total. The van der Waals surface area contributed by atoms with E-state index in [9.17, 15) is 4.79 Å². The number of piperidine rings is 1. The molecule has 0 saturated carbocycles. The van der Waals surface area contributed by atoms with Crippen LogP contribution in [-0.2, 0) is 14.3 Å². The Morgan fingerprint density at radius 2 is 1.68 bits per heavy atom. The summed E-state index contributed by atoms with van der Waals surface area (Å²) in [5.41, 5.74) is -0.0419. The number of amides is 1. The number of rotatable bonds is 0. The minimum Gasteiger partial charge on any atom is -0.473 e. The Bertz CT molecular complexity index is 417. The van der Waals surface area contributed by atoms with Crippen LogP contribution in [0.1, 0.15) is 33.6 Å². The second-order valence-corrected chi connectivity index (χ2v) is 6.73. The van der Waals surface area contributed by atoms with Crippen molar-refractivity contribution in [3.63, 3.8) is 0 Å². The molecular formula is C14H24N2O6. The highest BCUT2D eigenvalue weighted by Gasteiger charge is 2.46. The number of nitrogens with one attached hydrogen (secondary N) is 1. The lowest BCUT2D eigenvalue weighted by atomic mass is 9.74. The molecule has 2 rings (SSSR count). The number of carboxylic acids is 2. The minimum absolute atomic E-state index is 0.163. The molecule has 8 heteroatoms. The Morgan fingerprint density at radius 1 is 1.14 bits per heavy atom. The Balaban J connectivity index is 0.000000346. The Hall–Kier alpha value is -1.83. The number of hydrogen-bond acceptors (Lipinski definition) is 5. The van der Waals surface area contributed by atoms with E-state index in [-0.39, 0.29) is 11.7 Å². The van der Waals surface area contributed by atoms with Gasteiger partial charge in [-0.1, -0.05) is 0 Å². The predicted octanol–water partition coefficient (Wildman–Crippen LogP) is 0.763. The molecule has 1 spiro atoms. The molecule has 126 valence electrons. The van der Waals surface area contributed by atoms with Gasteiger partial charge in [-0.3, -0.25) is 0 Å². The van der Waals surface area contributed by atoms with E-state index in [1.54, 1.807) is 0 Å². The summed E-state index contributed by atoms with van der Waals surface area (Å²) in [5, 5.41) is 18.2. The van der Waals surface area contributed by atoms with Gasteiger partial charge in [0.15, 0.2) is 0 Å². The molecule has 0 aliphatic carbocycles. The number of aliphatic carboxylic acids is 2. The smallest absolute Gasteiger partial charge is 0.414 e. The fraction of sp³-hybridized carbons (Fsp3) is 0.786. The van der Waals surface area contributed by atoms with Crippen molar-refractivity contribution in [2.24, 2.45) is 5.41 Å². The van der Waals surface area contributed by atoms with Gasteiger partial charge in [0.2, 0.25) is 0 Å². The molecule has 0 aromatic carbocycles. The predicted molar refractivity (Wildman–Crippen MR) is 77.6 cm³/mol. The lowest BCUT2D eigenvalue weighted by molar-refractivity contribution is -0.159. The summed E-state index contributed by atoms with van der Waals surface area (Å²) in [5.74, 6) is -3.65. The molecule has 8 nitrogen and oxygen atoms in total. The molecule has 2 heterocycles. The number of nitrogens with zero attached hydrogens (tertiary/aromatic N) is 1. The Labute approximate surface area is 129 Å². The van der Waals surface area contributed by atoms with Gasteiger partial charge in [-0.05, 0) is 40.2 Å². The number of carboxylic acid groups (broad SMARTS) is 2. The van der Waals surface area contributed by atoms with Crippen molar-refractivity contribution in [1.82, 2.24) is 10.2 Å². The van der Waals surface area contributed by atoms with Crippen LogP contribution in [0.25, 0.3) is 0 Å². The molecular weight excluding hydrogens is 292 g/mol. The van der Waals surface area contributed by atoms with Crippen LogP contribution in [0.4, 0.5) is 4.79 Å². The van der Waals surface area contributed by atoms with Crippen molar-refractivity contribution in [3.05, 3.63) is 0 Å². The Kier molecular flexibility index (Phi) is 5.76. The molecule has 0 unspecified atom stereocenters. The van der Waals surface area contributed by atoms with Crippen LogP contribution in [0.3, 0.4) is 0 Å². The van der Waals surface area contributed by atoms with Gasteiger partial charge in [0.25, 0.3) is 0 Å². The van der Waals surface area contributed by atoms with E-state index in [2.05, 4.69) is 5.32 Å². The van der Waals surface area contributed by atoms with Crippen LogP contribution >= 0.6 is 0 Å². The molecule has 2 fully saturated rings. The highest BCUT2D eigenvalue weighted by atomic mass is 16.6. The van der Waals surface area contributed by atoms with Gasteiger partial charge in [0.1, 0.15) is 5.60 Å². The van der Waals surface area contributed by atoms with Crippen LogP contribution in [0.2, 0.25) is 0 Å².